The summed E-state index contributed by atoms with van der Waals surface area (Å²) in [7, 11) is 2.02. The molecule has 1 aromatic rings. The molecule has 13 heavy (non-hydrogen) atoms. The zero-order chi connectivity index (χ0) is 9.68. The molecule has 0 bridgehead atoms. The maximum absolute atomic E-state index is 3.25. The van der Waals surface area contributed by atoms with E-state index < -0.39 is 0 Å². The average molecular weight is 177 g/mol. The SMILES string of the molecule is CNC(C)CCc1ccccc1C. The van der Waals surface area contributed by atoms with Crippen LogP contribution in [0, 0.1) is 6.92 Å². The Kier molecular flexibility index (Phi) is 3.97. The first-order valence-corrected chi connectivity index (χ1v) is 4.96. The Morgan fingerprint density at radius 2 is 2.00 bits per heavy atom. The Morgan fingerprint density at radius 1 is 1.31 bits per heavy atom. The fourth-order valence-corrected chi connectivity index (χ4v) is 1.41. The minimum absolute atomic E-state index is 0.611. The molecule has 0 saturated heterocycles. The largest absolute Gasteiger partial charge is 0.317 e. The van der Waals surface area contributed by atoms with Crippen molar-refractivity contribution in [2.75, 3.05) is 7.05 Å². The molecular weight excluding hydrogens is 158 g/mol. The summed E-state index contributed by atoms with van der Waals surface area (Å²) in [6, 6.07) is 9.23. The third-order valence-electron chi connectivity index (χ3n) is 2.60. The molecule has 0 aliphatic carbocycles. The lowest BCUT2D eigenvalue weighted by atomic mass is 10.0. The van der Waals surface area contributed by atoms with E-state index in [1.807, 2.05) is 7.05 Å². The van der Waals surface area contributed by atoms with Gasteiger partial charge in [-0.3, -0.25) is 0 Å². The van der Waals surface area contributed by atoms with E-state index in [1.165, 1.54) is 24.0 Å². The van der Waals surface area contributed by atoms with E-state index in [0.29, 0.717) is 6.04 Å². The second kappa shape index (κ2) is 5.03. The molecule has 1 heteroatoms. The third-order valence-corrected chi connectivity index (χ3v) is 2.60. The summed E-state index contributed by atoms with van der Waals surface area (Å²) in [4.78, 5) is 0. The van der Waals surface area contributed by atoms with Crippen LogP contribution in [0.15, 0.2) is 24.3 Å². The minimum atomic E-state index is 0.611. The van der Waals surface area contributed by atoms with Crippen LogP contribution >= 0.6 is 0 Å². The first kappa shape index (κ1) is 10.3. The second-order valence-electron chi connectivity index (χ2n) is 3.65. The fourth-order valence-electron chi connectivity index (χ4n) is 1.41. The van der Waals surface area contributed by atoms with E-state index in [-0.39, 0.29) is 0 Å². The standard InChI is InChI=1S/C12H19N/c1-10-6-4-5-7-12(10)9-8-11(2)13-3/h4-7,11,13H,8-9H2,1-3H3. The lowest BCUT2D eigenvalue weighted by Crippen LogP contribution is -2.21. The number of rotatable bonds is 4. The second-order valence-corrected chi connectivity index (χ2v) is 3.65. The highest BCUT2D eigenvalue weighted by atomic mass is 14.8. The van der Waals surface area contributed by atoms with E-state index in [0.717, 1.165) is 0 Å². The molecule has 0 saturated carbocycles. The van der Waals surface area contributed by atoms with Crippen molar-refractivity contribution in [2.45, 2.75) is 32.7 Å². The molecule has 1 atom stereocenters. The highest BCUT2D eigenvalue weighted by Crippen LogP contribution is 2.10. The van der Waals surface area contributed by atoms with Crippen LogP contribution in [0.1, 0.15) is 24.5 Å². The molecule has 0 spiro atoms. The van der Waals surface area contributed by atoms with Crippen LogP contribution in [-0.2, 0) is 6.42 Å². The van der Waals surface area contributed by atoms with Crippen LogP contribution in [0.5, 0.6) is 0 Å². The quantitative estimate of drug-likeness (QED) is 0.745. The molecule has 1 rings (SSSR count). The van der Waals surface area contributed by atoms with Crippen molar-refractivity contribution in [3.05, 3.63) is 35.4 Å². The van der Waals surface area contributed by atoms with Crippen molar-refractivity contribution >= 4 is 0 Å². The van der Waals surface area contributed by atoms with Crippen LogP contribution in [0.4, 0.5) is 0 Å². The highest BCUT2D eigenvalue weighted by molar-refractivity contribution is 5.25. The first-order valence-electron chi connectivity index (χ1n) is 4.96. The van der Waals surface area contributed by atoms with Crippen molar-refractivity contribution in [3.8, 4) is 0 Å². The van der Waals surface area contributed by atoms with Crippen LogP contribution in [0.2, 0.25) is 0 Å². The third kappa shape index (κ3) is 3.19. The van der Waals surface area contributed by atoms with Crippen molar-refractivity contribution < 1.29 is 0 Å². The van der Waals surface area contributed by atoms with Gasteiger partial charge in [-0.15, -0.1) is 0 Å². The number of aryl methyl sites for hydroxylation is 2. The molecule has 1 nitrogen and oxygen atoms in total. The number of hydrogen-bond acceptors (Lipinski definition) is 1. The molecule has 1 aromatic carbocycles. The van der Waals surface area contributed by atoms with Gasteiger partial charge in [0.1, 0.15) is 0 Å². The molecule has 72 valence electrons. The molecule has 0 fully saturated rings. The summed E-state index contributed by atoms with van der Waals surface area (Å²) in [6.45, 7) is 4.40. The fraction of sp³-hybridized carbons (Fsp3) is 0.500. The van der Waals surface area contributed by atoms with Crippen molar-refractivity contribution in [1.29, 1.82) is 0 Å². The van der Waals surface area contributed by atoms with Crippen LogP contribution < -0.4 is 5.32 Å². The zero-order valence-corrected chi connectivity index (χ0v) is 8.80. The molecule has 1 unspecified atom stereocenters. The number of nitrogens with one attached hydrogen (secondary N) is 1. The van der Waals surface area contributed by atoms with Gasteiger partial charge >= 0.3 is 0 Å². The smallest absolute Gasteiger partial charge is 0.00388 e. The predicted octanol–water partition coefficient (Wildman–Crippen LogP) is 2.54. The van der Waals surface area contributed by atoms with E-state index in [4.69, 9.17) is 0 Å². The van der Waals surface area contributed by atoms with Gasteiger partial charge in [0.05, 0.1) is 0 Å². The summed E-state index contributed by atoms with van der Waals surface area (Å²) in [6.07, 6.45) is 2.38. The van der Waals surface area contributed by atoms with Crippen LogP contribution in [-0.4, -0.2) is 13.1 Å². The Labute approximate surface area is 81.2 Å². The highest BCUT2D eigenvalue weighted by Gasteiger charge is 2.00. The van der Waals surface area contributed by atoms with Gasteiger partial charge < -0.3 is 5.32 Å². The molecule has 0 aliphatic heterocycles. The first-order chi connectivity index (χ1) is 6.24. The summed E-state index contributed by atoms with van der Waals surface area (Å²) in [5.74, 6) is 0. The topological polar surface area (TPSA) is 12.0 Å². The summed E-state index contributed by atoms with van der Waals surface area (Å²) in [5.41, 5.74) is 2.88. The molecule has 0 aliphatic rings. The molecular formula is C12H19N. The van der Waals surface area contributed by atoms with Gasteiger partial charge in [-0.1, -0.05) is 24.3 Å². The van der Waals surface area contributed by atoms with E-state index >= 15 is 0 Å². The van der Waals surface area contributed by atoms with Crippen LogP contribution in [0.25, 0.3) is 0 Å². The maximum atomic E-state index is 3.25. The minimum Gasteiger partial charge on any atom is -0.317 e. The summed E-state index contributed by atoms with van der Waals surface area (Å²) in [5, 5.41) is 3.25. The molecule has 0 amide bonds. The number of hydrogen-bond donors (Lipinski definition) is 1. The predicted molar refractivity (Wildman–Crippen MR) is 58.0 cm³/mol. The van der Waals surface area contributed by atoms with Gasteiger partial charge in [-0.25, -0.2) is 0 Å². The molecule has 1 N–H and O–H groups in total. The zero-order valence-electron chi connectivity index (χ0n) is 8.80. The number of benzene rings is 1. The summed E-state index contributed by atoms with van der Waals surface area (Å²) < 4.78 is 0. The van der Waals surface area contributed by atoms with Gasteiger partial charge in [-0.05, 0) is 44.9 Å². The molecule has 0 radical (unpaired) electrons. The van der Waals surface area contributed by atoms with E-state index in [9.17, 15) is 0 Å². The Bertz CT molecular complexity index is 255. The van der Waals surface area contributed by atoms with Gasteiger partial charge in [0.15, 0.2) is 0 Å². The van der Waals surface area contributed by atoms with Gasteiger partial charge in [0, 0.05) is 6.04 Å². The Balaban J connectivity index is 2.50. The normalized spacial score (nSPS) is 12.8. The molecule has 0 aromatic heterocycles. The van der Waals surface area contributed by atoms with Crippen LogP contribution in [0.3, 0.4) is 0 Å². The Morgan fingerprint density at radius 3 is 2.62 bits per heavy atom. The lowest BCUT2D eigenvalue weighted by molar-refractivity contribution is 0.564. The Hall–Kier alpha value is -0.820. The van der Waals surface area contributed by atoms with Crippen molar-refractivity contribution in [3.63, 3.8) is 0 Å². The van der Waals surface area contributed by atoms with Gasteiger partial charge in [0.2, 0.25) is 0 Å². The van der Waals surface area contributed by atoms with Gasteiger partial charge in [0.25, 0.3) is 0 Å². The van der Waals surface area contributed by atoms with E-state index in [2.05, 4.69) is 43.4 Å². The monoisotopic (exact) mass is 177 g/mol. The van der Waals surface area contributed by atoms with E-state index in [1.54, 1.807) is 0 Å². The van der Waals surface area contributed by atoms with Gasteiger partial charge in [-0.2, -0.15) is 0 Å². The van der Waals surface area contributed by atoms with Crippen molar-refractivity contribution in [1.82, 2.24) is 5.32 Å². The molecule has 0 heterocycles. The average Bonchev–Trinajstić information content (AvgIpc) is 2.16. The maximum Gasteiger partial charge on any atom is 0.00388 e. The lowest BCUT2D eigenvalue weighted by Gasteiger charge is -2.10. The van der Waals surface area contributed by atoms with Crippen molar-refractivity contribution in [2.24, 2.45) is 0 Å². The summed E-state index contributed by atoms with van der Waals surface area (Å²) >= 11 is 0.